The van der Waals surface area contributed by atoms with E-state index in [9.17, 15) is 0 Å². The van der Waals surface area contributed by atoms with Crippen molar-refractivity contribution < 1.29 is 0 Å². The van der Waals surface area contributed by atoms with Gasteiger partial charge in [-0.15, -0.1) is 21.8 Å². The third kappa shape index (κ3) is 2.19. The van der Waals surface area contributed by atoms with Crippen molar-refractivity contribution in [2.24, 2.45) is 7.05 Å². The lowest BCUT2D eigenvalue weighted by atomic mass is 10.4. The zero-order valence-electron chi connectivity index (χ0n) is 10.5. The Labute approximate surface area is 115 Å². The maximum absolute atomic E-state index is 5.95. The van der Waals surface area contributed by atoms with E-state index in [1.54, 1.807) is 12.5 Å². The van der Waals surface area contributed by atoms with Crippen molar-refractivity contribution in [1.29, 1.82) is 0 Å². The van der Waals surface area contributed by atoms with Gasteiger partial charge < -0.3 is 9.13 Å². The molecule has 0 aliphatic heterocycles. The Balaban J connectivity index is 1.93. The number of hydrogen-bond donors (Lipinski definition) is 0. The second-order valence-corrected chi connectivity index (χ2v) is 4.53. The van der Waals surface area contributed by atoms with E-state index in [1.807, 2.05) is 28.3 Å². The van der Waals surface area contributed by atoms with E-state index in [0.717, 1.165) is 35.8 Å². The molecule has 0 atom stereocenters. The second kappa shape index (κ2) is 4.97. The molecule has 3 aromatic rings. The highest BCUT2D eigenvalue weighted by molar-refractivity contribution is 6.16. The number of imidazole rings is 1. The summed E-state index contributed by atoms with van der Waals surface area (Å²) in [6.07, 6.45) is 4.23. The number of halogens is 1. The Kier molecular flexibility index (Phi) is 3.16. The fourth-order valence-corrected chi connectivity index (χ4v) is 2.29. The van der Waals surface area contributed by atoms with Crippen LogP contribution >= 0.6 is 11.6 Å². The van der Waals surface area contributed by atoms with Gasteiger partial charge in [-0.2, -0.15) is 0 Å². The third-order valence-corrected chi connectivity index (χ3v) is 3.31. The number of fused-ring (bicyclic) bond motifs is 1. The number of aromatic nitrogens is 6. The lowest BCUT2D eigenvalue weighted by Gasteiger charge is -2.06. The first-order valence-electron chi connectivity index (χ1n) is 5.98. The van der Waals surface area contributed by atoms with Crippen LogP contribution in [0.1, 0.15) is 11.6 Å². The summed E-state index contributed by atoms with van der Waals surface area (Å²) in [5.41, 5.74) is 1.73. The lowest BCUT2D eigenvalue weighted by molar-refractivity contribution is 0.641. The first-order valence-corrected chi connectivity index (χ1v) is 6.52. The molecule has 0 aliphatic carbocycles. The summed E-state index contributed by atoms with van der Waals surface area (Å²) in [7, 11) is 1.93. The molecule has 3 aromatic heterocycles. The van der Waals surface area contributed by atoms with Gasteiger partial charge in [0.1, 0.15) is 23.5 Å². The van der Waals surface area contributed by atoms with E-state index < -0.39 is 0 Å². The first kappa shape index (κ1) is 12.1. The van der Waals surface area contributed by atoms with Crippen LogP contribution in [-0.4, -0.2) is 29.3 Å². The predicted octanol–water partition coefficient (Wildman–Crippen LogP) is 1.54. The van der Waals surface area contributed by atoms with Gasteiger partial charge in [0.15, 0.2) is 5.65 Å². The zero-order chi connectivity index (χ0) is 13.2. The van der Waals surface area contributed by atoms with Crippen molar-refractivity contribution in [3.8, 4) is 0 Å². The topological polar surface area (TPSA) is 61.4 Å². The molecule has 0 radical (unpaired) electrons. The molecule has 6 nitrogen and oxygen atoms in total. The maximum Gasteiger partial charge on any atom is 0.160 e. The van der Waals surface area contributed by atoms with E-state index in [-0.39, 0.29) is 0 Å². The Morgan fingerprint density at radius 2 is 2.21 bits per heavy atom. The number of aryl methyl sites for hydroxylation is 3. The summed E-state index contributed by atoms with van der Waals surface area (Å²) in [4.78, 5) is 8.85. The van der Waals surface area contributed by atoms with Crippen LogP contribution in [0.15, 0.2) is 24.7 Å². The molecule has 0 fully saturated rings. The third-order valence-electron chi connectivity index (χ3n) is 3.07. The highest BCUT2D eigenvalue weighted by Gasteiger charge is 2.11. The van der Waals surface area contributed by atoms with Crippen molar-refractivity contribution in [3.63, 3.8) is 0 Å². The van der Waals surface area contributed by atoms with Gasteiger partial charge in [0, 0.05) is 26.2 Å². The van der Waals surface area contributed by atoms with Gasteiger partial charge in [-0.1, -0.05) is 0 Å². The molecule has 7 heteroatoms. The van der Waals surface area contributed by atoms with E-state index >= 15 is 0 Å². The molecule has 0 aromatic carbocycles. The predicted molar refractivity (Wildman–Crippen MR) is 71.8 cm³/mol. The molecule has 0 spiro atoms. The minimum Gasteiger partial charge on any atom is -0.321 e. The molecule has 0 aliphatic rings. The van der Waals surface area contributed by atoms with Gasteiger partial charge in [0.2, 0.25) is 0 Å². The van der Waals surface area contributed by atoms with Crippen molar-refractivity contribution in [1.82, 2.24) is 29.3 Å². The van der Waals surface area contributed by atoms with Crippen LogP contribution in [-0.2, 0) is 25.9 Å². The fraction of sp³-hybridized carbons (Fsp3) is 0.333. The summed E-state index contributed by atoms with van der Waals surface area (Å²) in [6.45, 7) is 0.738. The van der Waals surface area contributed by atoms with Crippen molar-refractivity contribution in [2.45, 2.75) is 18.8 Å². The fourth-order valence-electron chi connectivity index (χ4n) is 2.09. The Bertz CT molecular complexity index is 701. The summed E-state index contributed by atoms with van der Waals surface area (Å²) < 4.78 is 3.95. The molecule has 98 valence electrons. The molecule has 0 amide bonds. The van der Waals surface area contributed by atoms with Crippen LogP contribution in [0.25, 0.3) is 11.2 Å². The van der Waals surface area contributed by atoms with Gasteiger partial charge in [-0.3, -0.25) is 0 Å². The van der Waals surface area contributed by atoms with Crippen LogP contribution in [0, 0.1) is 0 Å². The highest BCUT2D eigenvalue weighted by atomic mass is 35.5. The molecule has 0 N–H and O–H groups in total. The Morgan fingerprint density at radius 1 is 1.32 bits per heavy atom. The number of alkyl halides is 1. The summed E-state index contributed by atoms with van der Waals surface area (Å²) in [5, 5.41) is 7.95. The average molecular weight is 277 g/mol. The van der Waals surface area contributed by atoms with E-state index in [1.165, 1.54) is 0 Å². The number of hydrogen-bond acceptors (Lipinski definition) is 4. The van der Waals surface area contributed by atoms with Gasteiger partial charge in [-0.05, 0) is 12.1 Å². The second-order valence-electron chi connectivity index (χ2n) is 4.27. The molecule has 0 unspecified atom stereocenters. The standard InChI is InChI=1S/C12H13ClN6/c1-18-8-15-17-10(18)4-6-19-11(7-13)16-9-3-2-5-14-12(9)19/h2-3,5,8H,4,6-7H2,1H3. The molecular formula is C12H13ClN6. The summed E-state index contributed by atoms with van der Waals surface area (Å²) in [6, 6.07) is 3.82. The molecule has 3 rings (SSSR count). The normalized spacial score (nSPS) is 11.3. The van der Waals surface area contributed by atoms with E-state index in [0.29, 0.717) is 5.88 Å². The van der Waals surface area contributed by atoms with Crippen LogP contribution < -0.4 is 0 Å². The molecule has 3 heterocycles. The molecule has 0 saturated heterocycles. The smallest absolute Gasteiger partial charge is 0.160 e. The number of pyridine rings is 1. The van der Waals surface area contributed by atoms with Gasteiger partial charge >= 0.3 is 0 Å². The van der Waals surface area contributed by atoms with Crippen LogP contribution in [0.4, 0.5) is 0 Å². The number of nitrogens with zero attached hydrogens (tertiary/aromatic N) is 6. The van der Waals surface area contributed by atoms with Crippen LogP contribution in [0.5, 0.6) is 0 Å². The van der Waals surface area contributed by atoms with Crippen molar-refractivity contribution in [3.05, 3.63) is 36.3 Å². The van der Waals surface area contributed by atoms with Crippen molar-refractivity contribution in [2.75, 3.05) is 0 Å². The van der Waals surface area contributed by atoms with Gasteiger partial charge in [-0.25, -0.2) is 9.97 Å². The van der Waals surface area contributed by atoms with E-state index in [4.69, 9.17) is 11.6 Å². The van der Waals surface area contributed by atoms with Gasteiger partial charge in [0.25, 0.3) is 0 Å². The lowest BCUT2D eigenvalue weighted by Crippen LogP contribution is -2.08. The summed E-state index contributed by atoms with van der Waals surface area (Å²) in [5.74, 6) is 2.13. The van der Waals surface area contributed by atoms with Crippen LogP contribution in [0.3, 0.4) is 0 Å². The largest absolute Gasteiger partial charge is 0.321 e. The highest BCUT2D eigenvalue weighted by Crippen LogP contribution is 2.15. The SMILES string of the molecule is Cn1cnnc1CCn1c(CCl)nc2cccnc21. The molecular weight excluding hydrogens is 264 g/mol. The summed E-state index contributed by atoms with van der Waals surface area (Å²) >= 11 is 5.95. The van der Waals surface area contributed by atoms with Crippen LogP contribution in [0.2, 0.25) is 0 Å². The Hall–Kier alpha value is -1.95. The molecule has 0 saturated carbocycles. The van der Waals surface area contributed by atoms with E-state index in [2.05, 4.69) is 20.2 Å². The minimum absolute atomic E-state index is 0.370. The first-order chi connectivity index (χ1) is 9.29. The minimum atomic E-state index is 0.370. The van der Waals surface area contributed by atoms with Gasteiger partial charge in [0.05, 0.1) is 5.88 Å². The molecule has 19 heavy (non-hydrogen) atoms. The van der Waals surface area contributed by atoms with Crippen molar-refractivity contribution >= 4 is 22.8 Å². The average Bonchev–Trinajstić information content (AvgIpc) is 2.99. The number of rotatable bonds is 4. The zero-order valence-corrected chi connectivity index (χ0v) is 11.2. The molecule has 0 bridgehead atoms. The maximum atomic E-state index is 5.95. The monoisotopic (exact) mass is 276 g/mol. The quantitative estimate of drug-likeness (QED) is 0.678. The Morgan fingerprint density at radius 3 is 2.95 bits per heavy atom.